The van der Waals surface area contributed by atoms with Gasteiger partial charge in [-0.2, -0.15) is 0 Å². The number of aliphatic hydroxyl groups is 1. The second-order valence-corrected chi connectivity index (χ2v) is 5.83. The number of aromatic nitrogens is 1. The summed E-state index contributed by atoms with van der Waals surface area (Å²) in [7, 11) is 1.91. The van der Waals surface area contributed by atoms with Crippen LogP contribution in [0.15, 0.2) is 10.7 Å². The zero-order valence-corrected chi connectivity index (χ0v) is 12.4. The van der Waals surface area contributed by atoms with Crippen LogP contribution >= 0.6 is 15.9 Å². The second-order valence-electron chi connectivity index (χ2n) is 5.03. The number of hydrogen-bond acceptors (Lipinski definition) is 5. The quantitative estimate of drug-likeness (QED) is 0.677. The van der Waals surface area contributed by atoms with E-state index in [2.05, 4.69) is 20.9 Å². The molecule has 1 N–H and O–H groups in total. The van der Waals surface area contributed by atoms with Gasteiger partial charge >= 0.3 is 0 Å². The van der Waals surface area contributed by atoms with Crippen molar-refractivity contribution >= 4 is 27.4 Å². The van der Waals surface area contributed by atoms with Gasteiger partial charge in [-0.1, -0.05) is 0 Å². The van der Waals surface area contributed by atoms with E-state index in [4.69, 9.17) is 0 Å². The first-order valence-corrected chi connectivity index (χ1v) is 6.88. The summed E-state index contributed by atoms with van der Waals surface area (Å²) in [5, 5.41) is 20.1. The molecule has 0 unspecified atom stereocenters. The predicted octanol–water partition coefficient (Wildman–Crippen LogP) is 2.27. The molecule has 1 heterocycles. The van der Waals surface area contributed by atoms with Crippen LogP contribution in [0.5, 0.6) is 0 Å². The molecule has 1 aromatic heterocycles. The third-order valence-electron chi connectivity index (χ3n) is 3.52. The number of nitro groups is 1. The Morgan fingerprint density at radius 3 is 2.79 bits per heavy atom. The van der Waals surface area contributed by atoms with Crippen molar-refractivity contribution < 1.29 is 10.0 Å². The van der Waals surface area contributed by atoms with E-state index >= 15 is 0 Å². The minimum Gasteiger partial charge on any atom is -0.393 e. The molecule has 1 fully saturated rings. The Balaban J connectivity index is 2.16. The summed E-state index contributed by atoms with van der Waals surface area (Å²) < 4.78 is 0.657. The average Bonchev–Trinajstić information content (AvgIpc) is 2.29. The van der Waals surface area contributed by atoms with Gasteiger partial charge in [-0.3, -0.25) is 10.1 Å². The van der Waals surface area contributed by atoms with Crippen LogP contribution in [0.25, 0.3) is 0 Å². The molecule has 1 aromatic rings. The molecular formula is C12H16BrN3O3. The molecule has 0 amide bonds. The van der Waals surface area contributed by atoms with Gasteiger partial charge in [0.05, 0.1) is 15.5 Å². The fraction of sp³-hybridized carbons (Fsp3) is 0.583. The fourth-order valence-corrected chi connectivity index (χ4v) is 2.94. The predicted molar refractivity (Wildman–Crippen MR) is 75.3 cm³/mol. The molecule has 2 rings (SSSR count). The zero-order valence-electron chi connectivity index (χ0n) is 10.8. The lowest BCUT2D eigenvalue weighted by molar-refractivity contribution is -0.385. The van der Waals surface area contributed by atoms with Gasteiger partial charge < -0.3 is 10.0 Å². The monoisotopic (exact) mass is 329 g/mol. The highest BCUT2D eigenvalue weighted by Crippen LogP contribution is 2.34. The van der Waals surface area contributed by atoms with Crippen LogP contribution in [-0.4, -0.2) is 34.7 Å². The Kier molecular flexibility index (Phi) is 4.05. The fourth-order valence-electron chi connectivity index (χ4n) is 2.33. The molecule has 0 atom stereocenters. The van der Waals surface area contributed by atoms with Crippen molar-refractivity contribution in [2.75, 3.05) is 18.5 Å². The highest BCUT2D eigenvalue weighted by Gasteiger charge is 2.29. The van der Waals surface area contributed by atoms with Crippen molar-refractivity contribution in [2.24, 2.45) is 5.92 Å². The lowest BCUT2D eigenvalue weighted by atomic mass is 9.82. The Bertz CT molecular complexity index is 503. The molecule has 1 saturated carbocycles. The summed E-state index contributed by atoms with van der Waals surface area (Å²) in [6.45, 7) is 2.49. The molecule has 6 nitrogen and oxygen atoms in total. The number of halogens is 1. The van der Waals surface area contributed by atoms with E-state index in [1.54, 1.807) is 6.92 Å². The topological polar surface area (TPSA) is 79.5 Å². The first-order chi connectivity index (χ1) is 8.90. The normalized spacial score (nSPS) is 21.9. The van der Waals surface area contributed by atoms with Crippen LogP contribution in [0.4, 0.5) is 11.5 Å². The Morgan fingerprint density at radius 1 is 1.63 bits per heavy atom. The van der Waals surface area contributed by atoms with Crippen molar-refractivity contribution in [2.45, 2.75) is 25.9 Å². The maximum Gasteiger partial charge on any atom is 0.291 e. The van der Waals surface area contributed by atoms with Gasteiger partial charge in [0.1, 0.15) is 12.0 Å². The van der Waals surface area contributed by atoms with Crippen molar-refractivity contribution in [3.05, 3.63) is 26.3 Å². The summed E-state index contributed by atoms with van der Waals surface area (Å²) >= 11 is 3.38. The maximum absolute atomic E-state index is 10.8. The highest BCUT2D eigenvalue weighted by molar-refractivity contribution is 9.10. The zero-order chi connectivity index (χ0) is 14.2. The number of pyridine rings is 1. The summed E-state index contributed by atoms with van der Waals surface area (Å²) in [5.74, 6) is 1.16. The molecule has 0 aromatic carbocycles. The maximum atomic E-state index is 10.8. The minimum atomic E-state index is -0.431. The highest BCUT2D eigenvalue weighted by atomic mass is 79.9. The largest absolute Gasteiger partial charge is 0.393 e. The minimum absolute atomic E-state index is 0.0168. The van der Waals surface area contributed by atoms with E-state index in [9.17, 15) is 15.2 Å². The van der Waals surface area contributed by atoms with Gasteiger partial charge in [0.2, 0.25) is 0 Å². The lowest BCUT2D eigenvalue weighted by Crippen LogP contribution is -2.37. The van der Waals surface area contributed by atoms with Gasteiger partial charge in [-0.15, -0.1) is 0 Å². The average molecular weight is 330 g/mol. The molecule has 1 aliphatic carbocycles. The van der Waals surface area contributed by atoms with Crippen LogP contribution in [0.1, 0.15) is 18.4 Å². The molecule has 104 valence electrons. The number of rotatable bonds is 4. The summed E-state index contributed by atoms with van der Waals surface area (Å²) in [6, 6.07) is 0. The molecule has 0 radical (unpaired) electrons. The van der Waals surface area contributed by atoms with Gasteiger partial charge in [0, 0.05) is 19.2 Å². The summed E-state index contributed by atoms with van der Waals surface area (Å²) in [6.07, 6.45) is 2.75. The molecule has 0 saturated heterocycles. The van der Waals surface area contributed by atoms with E-state index in [0.717, 1.165) is 19.4 Å². The van der Waals surface area contributed by atoms with Gasteiger partial charge in [-0.25, -0.2) is 4.98 Å². The lowest BCUT2D eigenvalue weighted by Gasteiger charge is -2.35. The van der Waals surface area contributed by atoms with Gasteiger partial charge in [0.15, 0.2) is 0 Å². The smallest absolute Gasteiger partial charge is 0.291 e. The first-order valence-electron chi connectivity index (χ1n) is 6.08. The molecular weight excluding hydrogens is 314 g/mol. The van der Waals surface area contributed by atoms with E-state index < -0.39 is 4.92 Å². The molecule has 7 heteroatoms. The van der Waals surface area contributed by atoms with Crippen molar-refractivity contribution in [3.63, 3.8) is 0 Å². The van der Waals surface area contributed by atoms with Crippen molar-refractivity contribution in [1.29, 1.82) is 0 Å². The van der Waals surface area contributed by atoms with Crippen molar-refractivity contribution in [3.8, 4) is 0 Å². The van der Waals surface area contributed by atoms with Gasteiger partial charge in [0.25, 0.3) is 5.69 Å². The Hall–Kier alpha value is -1.21. The number of anilines is 1. The first kappa shape index (κ1) is 14.2. The molecule has 19 heavy (non-hydrogen) atoms. The summed E-state index contributed by atoms with van der Waals surface area (Å²) in [5.41, 5.74) is 0.596. The Morgan fingerprint density at radius 2 is 2.26 bits per heavy atom. The van der Waals surface area contributed by atoms with Crippen molar-refractivity contribution in [1.82, 2.24) is 4.98 Å². The number of hydrogen-bond donors (Lipinski definition) is 1. The second kappa shape index (κ2) is 5.42. The Labute approximate surface area is 119 Å². The van der Waals surface area contributed by atoms with Crippen LogP contribution in [0, 0.1) is 23.0 Å². The number of aliphatic hydroxyl groups excluding tert-OH is 1. The van der Waals surface area contributed by atoms with E-state index in [-0.39, 0.29) is 11.8 Å². The molecule has 0 bridgehead atoms. The molecule has 1 aliphatic rings. The van der Waals surface area contributed by atoms with E-state index in [1.807, 2.05) is 11.9 Å². The van der Waals surface area contributed by atoms with Crippen LogP contribution in [0.2, 0.25) is 0 Å². The van der Waals surface area contributed by atoms with E-state index in [0.29, 0.717) is 21.8 Å². The van der Waals surface area contributed by atoms with Gasteiger partial charge in [-0.05, 0) is 41.6 Å². The molecule has 0 aliphatic heterocycles. The van der Waals surface area contributed by atoms with Crippen LogP contribution < -0.4 is 4.90 Å². The number of nitrogens with zero attached hydrogens (tertiary/aromatic N) is 3. The van der Waals surface area contributed by atoms with Crippen LogP contribution in [0.3, 0.4) is 0 Å². The summed E-state index contributed by atoms with van der Waals surface area (Å²) in [4.78, 5) is 16.5. The third-order valence-corrected chi connectivity index (χ3v) is 4.47. The standard InChI is InChI=1S/C12H16BrN3O3/c1-7-10(16(18)19)5-14-12(11(7)13)15(2)6-8-3-9(17)4-8/h5,8-9,17H,3-4,6H2,1-2H3. The molecule has 0 spiro atoms. The van der Waals surface area contributed by atoms with Crippen LogP contribution in [-0.2, 0) is 0 Å². The SMILES string of the molecule is Cc1c([N+](=O)[O-])cnc(N(C)CC2CC(O)C2)c1Br. The van der Waals surface area contributed by atoms with E-state index in [1.165, 1.54) is 6.20 Å². The third kappa shape index (κ3) is 2.87.